The first-order valence-electron chi connectivity index (χ1n) is 7.20. The van der Waals surface area contributed by atoms with E-state index in [1.807, 2.05) is 12.1 Å². The minimum atomic E-state index is -0.454. The van der Waals surface area contributed by atoms with Crippen molar-refractivity contribution in [3.8, 4) is 0 Å². The van der Waals surface area contributed by atoms with Crippen molar-refractivity contribution < 1.29 is 5.11 Å². The van der Waals surface area contributed by atoms with Crippen molar-refractivity contribution in [1.29, 1.82) is 0 Å². The molecule has 0 amide bonds. The fourth-order valence-electron chi connectivity index (χ4n) is 2.73. The molecule has 0 saturated carbocycles. The van der Waals surface area contributed by atoms with Gasteiger partial charge in [-0.3, -0.25) is 0 Å². The summed E-state index contributed by atoms with van der Waals surface area (Å²) in [6.45, 7) is 3.76. The van der Waals surface area contributed by atoms with Gasteiger partial charge in [0.2, 0.25) is 0 Å². The third-order valence-corrected chi connectivity index (χ3v) is 4.00. The normalized spacial score (nSPS) is 16.4. The Morgan fingerprint density at radius 1 is 1.05 bits per heavy atom. The molecule has 3 heteroatoms. The molecule has 3 nitrogen and oxygen atoms in total. The summed E-state index contributed by atoms with van der Waals surface area (Å²) in [5, 5.41) is 9.53. The Hall–Kier alpha value is -1.87. The van der Waals surface area contributed by atoms with Gasteiger partial charge in [0, 0.05) is 19.3 Å². The molecule has 1 aromatic heterocycles. The third-order valence-electron chi connectivity index (χ3n) is 4.00. The van der Waals surface area contributed by atoms with Crippen LogP contribution in [0.15, 0.2) is 42.6 Å². The highest BCUT2D eigenvalue weighted by Crippen LogP contribution is 2.20. The van der Waals surface area contributed by atoms with Crippen molar-refractivity contribution in [3.05, 3.63) is 59.3 Å². The molecule has 1 aliphatic rings. The maximum absolute atomic E-state index is 9.53. The van der Waals surface area contributed by atoms with Crippen LogP contribution in [0.1, 0.15) is 29.7 Å². The number of pyridine rings is 1. The van der Waals surface area contributed by atoms with E-state index in [-0.39, 0.29) is 0 Å². The van der Waals surface area contributed by atoms with Crippen molar-refractivity contribution in [3.63, 3.8) is 0 Å². The first kappa shape index (κ1) is 13.1. The number of anilines is 1. The Bertz CT molecular complexity index is 551. The number of benzene rings is 1. The maximum Gasteiger partial charge on any atom is 0.128 e. The number of rotatable bonds is 2. The minimum absolute atomic E-state index is 0.454. The van der Waals surface area contributed by atoms with Crippen LogP contribution in [-0.4, -0.2) is 23.2 Å². The summed E-state index contributed by atoms with van der Waals surface area (Å²) >= 11 is 0. The van der Waals surface area contributed by atoms with Gasteiger partial charge in [-0.25, -0.2) is 4.98 Å². The highest BCUT2D eigenvalue weighted by atomic mass is 16.3. The van der Waals surface area contributed by atoms with Crippen molar-refractivity contribution in [2.45, 2.75) is 25.9 Å². The minimum Gasteiger partial charge on any atom is -0.389 e. The molecule has 3 rings (SSSR count). The highest BCUT2D eigenvalue weighted by Gasteiger charge is 2.14. The Morgan fingerprint density at radius 3 is 2.20 bits per heavy atom. The number of aliphatic hydroxyl groups excluding tert-OH is 1. The van der Waals surface area contributed by atoms with E-state index in [0.717, 1.165) is 37.3 Å². The van der Waals surface area contributed by atoms with Gasteiger partial charge in [0.1, 0.15) is 5.82 Å². The SMILES string of the molecule is C[C@H](O)c1ccc(N2CCc3ccccc3CC2)nc1. The number of nitrogens with zero attached hydrogens (tertiary/aromatic N) is 2. The van der Waals surface area contributed by atoms with Gasteiger partial charge in [-0.2, -0.15) is 0 Å². The van der Waals surface area contributed by atoms with Crippen LogP contribution in [0, 0.1) is 0 Å². The van der Waals surface area contributed by atoms with Gasteiger partial charge in [-0.05, 0) is 42.5 Å². The third kappa shape index (κ3) is 2.68. The van der Waals surface area contributed by atoms with Gasteiger partial charge in [0.05, 0.1) is 6.10 Å². The molecular formula is C17H20N2O. The number of hydrogen-bond donors (Lipinski definition) is 1. The Balaban J connectivity index is 1.76. The maximum atomic E-state index is 9.53. The summed E-state index contributed by atoms with van der Waals surface area (Å²) in [5.74, 6) is 1.00. The van der Waals surface area contributed by atoms with Crippen LogP contribution in [-0.2, 0) is 12.8 Å². The second-order valence-corrected chi connectivity index (χ2v) is 5.38. The Morgan fingerprint density at radius 2 is 1.70 bits per heavy atom. The van der Waals surface area contributed by atoms with Crippen LogP contribution < -0.4 is 4.90 Å². The fraction of sp³-hybridized carbons (Fsp3) is 0.353. The lowest BCUT2D eigenvalue weighted by atomic mass is 10.0. The second-order valence-electron chi connectivity index (χ2n) is 5.38. The van der Waals surface area contributed by atoms with Gasteiger partial charge >= 0.3 is 0 Å². The molecule has 0 radical (unpaired) electrons. The first-order chi connectivity index (χ1) is 9.74. The molecule has 0 bridgehead atoms. The molecule has 1 N–H and O–H groups in total. The Kier molecular flexibility index (Phi) is 3.70. The molecule has 1 aliphatic heterocycles. The summed E-state index contributed by atoms with van der Waals surface area (Å²) in [6, 6.07) is 12.7. The van der Waals surface area contributed by atoms with Gasteiger partial charge in [0.25, 0.3) is 0 Å². The van der Waals surface area contributed by atoms with Crippen molar-refractivity contribution in [2.24, 2.45) is 0 Å². The molecule has 1 atom stereocenters. The van der Waals surface area contributed by atoms with Gasteiger partial charge in [-0.15, -0.1) is 0 Å². The summed E-state index contributed by atoms with van der Waals surface area (Å²) in [6.07, 6.45) is 3.45. The van der Waals surface area contributed by atoms with E-state index < -0.39 is 6.10 Å². The standard InChI is InChI=1S/C17H20N2O/c1-13(20)16-6-7-17(18-12-16)19-10-8-14-4-2-3-5-15(14)9-11-19/h2-7,12-13,20H,8-11H2,1H3/t13-/m0/s1. The van der Waals surface area contributed by atoms with E-state index in [1.54, 1.807) is 13.1 Å². The molecule has 2 heterocycles. The zero-order valence-electron chi connectivity index (χ0n) is 11.8. The lowest BCUT2D eigenvalue weighted by Gasteiger charge is -2.21. The molecule has 0 aliphatic carbocycles. The average molecular weight is 268 g/mol. The van der Waals surface area contributed by atoms with Crippen LogP contribution in [0.2, 0.25) is 0 Å². The average Bonchev–Trinajstić information content (AvgIpc) is 2.70. The van der Waals surface area contributed by atoms with Crippen molar-refractivity contribution >= 4 is 5.82 Å². The topological polar surface area (TPSA) is 36.4 Å². The van der Waals surface area contributed by atoms with Gasteiger partial charge in [-0.1, -0.05) is 30.3 Å². The van der Waals surface area contributed by atoms with Crippen LogP contribution in [0.5, 0.6) is 0 Å². The quantitative estimate of drug-likeness (QED) is 0.910. The van der Waals surface area contributed by atoms with E-state index in [1.165, 1.54) is 11.1 Å². The molecule has 0 fully saturated rings. The summed E-state index contributed by atoms with van der Waals surface area (Å²) in [7, 11) is 0. The number of aliphatic hydroxyl groups is 1. The molecule has 0 unspecified atom stereocenters. The monoisotopic (exact) mass is 268 g/mol. The molecule has 104 valence electrons. The summed E-state index contributed by atoms with van der Waals surface area (Å²) < 4.78 is 0. The lowest BCUT2D eigenvalue weighted by molar-refractivity contribution is 0.199. The predicted octanol–water partition coefficient (Wildman–Crippen LogP) is 2.74. The smallest absolute Gasteiger partial charge is 0.128 e. The molecule has 20 heavy (non-hydrogen) atoms. The van der Waals surface area contributed by atoms with Gasteiger partial charge < -0.3 is 10.0 Å². The lowest BCUT2D eigenvalue weighted by Crippen LogP contribution is -2.26. The van der Waals surface area contributed by atoms with E-state index in [0.29, 0.717) is 0 Å². The zero-order chi connectivity index (χ0) is 13.9. The number of aromatic nitrogens is 1. The van der Waals surface area contributed by atoms with Crippen LogP contribution in [0.4, 0.5) is 5.82 Å². The zero-order valence-corrected chi connectivity index (χ0v) is 11.8. The van der Waals surface area contributed by atoms with Crippen molar-refractivity contribution in [1.82, 2.24) is 4.98 Å². The second kappa shape index (κ2) is 5.63. The molecule has 2 aromatic rings. The predicted molar refractivity (Wildman–Crippen MR) is 80.9 cm³/mol. The van der Waals surface area contributed by atoms with E-state index in [2.05, 4.69) is 34.1 Å². The fourth-order valence-corrected chi connectivity index (χ4v) is 2.73. The van der Waals surface area contributed by atoms with E-state index in [4.69, 9.17) is 0 Å². The highest BCUT2D eigenvalue weighted by molar-refractivity contribution is 5.42. The largest absolute Gasteiger partial charge is 0.389 e. The molecular weight excluding hydrogens is 248 g/mol. The summed E-state index contributed by atoms with van der Waals surface area (Å²) in [4.78, 5) is 6.82. The molecule has 0 spiro atoms. The van der Waals surface area contributed by atoms with Crippen molar-refractivity contribution in [2.75, 3.05) is 18.0 Å². The molecule has 0 saturated heterocycles. The first-order valence-corrected chi connectivity index (χ1v) is 7.20. The van der Waals surface area contributed by atoms with Crippen LogP contribution >= 0.6 is 0 Å². The summed E-state index contributed by atoms with van der Waals surface area (Å²) in [5.41, 5.74) is 3.78. The van der Waals surface area contributed by atoms with E-state index >= 15 is 0 Å². The van der Waals surface area contributed by atoms with E-state index in [9.17, 15) is 5.11 Å². The Labute approximate surface area is 119 Å². The number of fused-ring (bicyclic) bond motifs is 1. The number of hydrogen-bond acceptors (Lipinski definition) is 3. The van der Waals surface area contributed by atoms with Crippen LogP contribution in [0.25, 0.3) is 0 Å². The van der Waals surface area contributed by atoms with Gasteiger partial charge in [0.15, 0.2) is 0 Å². The molecule has 1 aromatic carbocycles. The van der Waals surface area contributed by atoms with Crippen LogP contribution in [0.3, 0.4) is 0 Å².